The number of likely N-dealkylation sites (tertiary alicyclic amines) is 1. The molecule has 1 aromatic heterocycles. The first-order valence-corrected chi connectivity index (χ1v) is 9.16. The van der Waals surface area contributed by atoms with Crippen LogP contribution < -0.4 is 4.74 Å². The Balaban J connectivity index is 1.35. The number of carbonyl (C=O) groups is 1. The first-order chi connectivity index (χ1) is 13.1. The molecule has 1 amide bonds. The molecule has 0 unspecified atom stereocenters. The molecule has 27 heavy (non-hydrogen) atoms. The lowest BCUT2D eigenvalue weighted by atomic mass is 9.96. The van der Waals surface area contributed by atoms with E-state index in [1.165, 1.54) is 24.3 Å². The Morgan fingerprint density at radius 2 is 1.89 bits per heavy atom. The fourth-order valence-corrected chi connectivity index (χ4v) is 3.44. The second-order valence-corrected chi connectivity index (χ2v) is 6.83. The number of aromatic nitrogens is 1. The van der Waals surface area contributed by atoms with E-state index < -0.39 is 6.10 Å². The highest BCUT2D eigenvalue weighted by Crippen LogP contribution is 2.30. The van der Waals surface area contributed by atoms with Gasteiger partial charge in [-0.15, -0.1) is 0 Å². The zero-order chi connectivity index (χ0) is 18.8. The van der Waals surface area contributed by atoms with Crippen LogP contribution in [0.15, 0.2) is 52.9 Å². The van der Waals surface area contributed by atoms with E-state index in [0.717, 1.165) is 29.8 Å². The van der Waals surface area contributed by atoms with Crippen molar-refractivity contribution in [2.24, 2.45) is 0 Å². The highest BCUT2D eigenvalue weighted by molar-refractivity contribution is 5.81. The molecule has 2 heterocycles. The van der Waals surface area contributed by atoms with Crippen LogP contribution in [0.25, 0.3) is 11.1 Å². The predicted octanol–water partition coefficient (Wildman–Crippen LogP) is 4.14. The van der Waals surface area contributed by atoms with E-state index >= 15 is 0 Å². The van der Waals surface area contributed by atoms with Gasteiger partial charge >= 0.3 is 0 Å². The van der Waals surface area contributed by atoms with Crippen LogP contribution in [0.2, 0.25) is 0 Å². The van der Waals surface area contributed by atoms with E-state index in [9.17, 15) is 9.18 Å². The number of fused-ring (bicyclic) bond motifs is 1. The number of hydrogen-bond donors (Lipinski definition) is 0. The van der Waals surface area contributed by atoms with Gasteiger partial charge in [0.15, 0.2) is 17.6 Å². The van der Waals surface area contributed by atoms with Crippen molar-refractivity contribution < 1.29 is 18.3 Å². The zero-order valence-electron chi connectivity index (χ0n) is 15.1. The minimum absolute atomic E-state index is 0.0599. The van der Waals surface area contributed by atoms with Gasteiger partial charge in [0.1, 0.15) is 17.1 Å². The summed E-state index contributed by atoms with van der Waals surface area (Å²) in [5.41, 5.74) is 1.67. The van der Waals surface area contributed by atoms with E-state index in [-0.39, 0.29) is 17.6 Å². The van der Waals surface area contributed by atoms with Crippen LogP contribution in [0, 0.1) is 5.82 Å². The molecule has 2 aromatic carbocycles. The quantitative estimate of drug-likeness (QED) is 0.694. The average Bonchev–Trinajstić information content (AvgIpc) is 3.13. The molecule has 0 bridgehead atoms. The van der Waals surface area contributed by atoms with Gasteiger partial charge in [0.2, 0.25) is 0 Å². The number of ether oxygens (including phenoxy) is 1. The van der Waals surface area contributed by atoms with E-state index in [4.69, 9.17) is 9.15 Å². The van der Waals surface area contributed by atoms with Crippen LogP contribution in [0.5, 0.6) is 5.75 Å². The summed E-state index contributed by atoms with van der Waals surface area (Å²) >= 11 is 0. The number of para-hydroxylation sites is 2. The average molecular weight is 368 g/mol. The van der Waals surface area contributed by atoms with E-state index in [2.05, 4.69) is 4.98 Å². The molecule has 3 aromatic rings. The van der Waals surface area contributed by atoms with Crippen LogP contribution in [0.1, 0.15) is 31.6 Å². The lowest BCUT2D eigenvalue weighted by Crippen LogP contribution is -2.44. The Hall–Kier alpha value is -2.89. The first kappa shape index (κ1) is 17.5. The molecule has 1 aliphatic rings. The lowest BCUT2D eigenvalue weighted by molar-refractivity contribution is -0.139. The van der Waals surface area contributed by atoms with Crippen LogP contribution >= 0.6 is 0 Å². The fourth-order valence-electron chi connectivity index (χ4n) is 3.44. The Morgan fingerprint density at radius 3 is 2.59 bits per heavy atom. The summed E-state index contributed by atoms with van der Waals surface area (Å²) in [5, 5.41) is 0. The standard InChI is InChI=1S/C21H21FN2O3/c1-14(26-17-8-6-16(22)7-9-17)21(25)24-12-10-15(11-13-24)20-23-18-4-2-3-5-19(18)27-20/h2-9,14-15H,10-13H2,1H3/t14-/m1/s1. The van der Waals surface area contributed by atoms with Gasteiger partial charge in [0, 0.05) is 19.0 Å². The van der Waals surface area contributed by atoms with Gasteiger partial charge in [-0.3, -0.25) is 4.79 Å². The number of halogens is 1. The largest absolute Gasteiger partial charge is 0.481 e. The van der Waals surface area contributed by atoms with E-state index in [0.29, 0.717) is 18.8 Å². The molecule has 6 heteroatoms. The predicted molar refractivity (Wildman–Crippen MR) is 99.1 cm³/mol. The smallest absolute Gasteiger partial charge is 0.263 e. The minimum atomic E-state index is -0.615. The van der Waals surface area contributed by atoms with Crippen molar-refractivity contribution in [2.75, 3.05) is 13.1 Å². The molecule has 4 rings (SSSR count). The Kier molecular flexibility index (Phi) is 4.79. The summed E-state index contributed by atoms with van der Waals surface area (Å²) in [6, 6.07) is 13.4. The van der Waals surface area contributed by atoms with Crippen LogP contribution in [0.3, 0.4) is 0 Å². The number of hydrogen-bond acceptors (Lipinski definition) is 4. The number of piperidine rings is 1. The monoisotopic (exact) mass is 368 g/mol. The summed E-state index contributed by atoms with van der Waals surface area (Å²) in [4.78, 5) is 19.0. The summed E-state index contributed by atoms with van der Waals surface area (Å²) in [6.45, 7) is 3.00. The van der Waals surface area contributed by atoms with Gasteiger partial charge in [-0.05, 0) is 56.2 Å². The third-order valence-corrected chi connectivity index (χ3v) is 4.94. The van der Waals surface area contributed by atoms with Gasteiger partial charge < -0.3 is 14.1 Å². The minimum Gasteiger partial charge on any atom is -0.481 e. The van der Waals surface area contributed by atoms with Crippen molar-refractivity contribution in [2.45, 2.75) is 31.8 Å². The number of nitrogens with zero attached hydrogens (tertiary/aromatic N) is 2. The summed E-state index contributed by atoms with van der Waals surface area (Å²) in [5.74, 6) is 1.06. The third-order valence-electron chi connectivity index (χ3n) is 4.94. The van der Waals surface area contributed by atoms with Crippen molar-refractivity contribution in [1.82, 2.24) is 9.88 Å². The molecule has 1 atom stereocenters. The fraction of sp³-hybridized carbons (Fsp3) is 0.333. The Bertz CT molecular complexity index is 897. The Morgan fingerprint density at radius 1 is 1.19 bits per heavy atom. The van der Waals surface area contributed by atoms with Crippen molar-refractivity contribution in [1.29, 1.82) is 0 Å². The summed E-state index contributed by atoms with van der Waals surface area (Å²) in [7, 11) is 0. The highest BCUT2D eigenvalue weighted by atomic mass is 19.1. The van der Waals surface area contributed by atoms with Crippen LogP contribution in [-0.2, 0) is 4.79 Å². The normalized spacial score (nSPS) is 16.4. The molecule has 5 nitrogen and oxygen atoms in total. The molecule has 0 spiro atoms. The number of oxazole rings is 1. The van der Waals surface area contributed by atoms with Crippen molar-refractivity contribution in [3.63, 3.8) is 0 Å². The maximum Gasteiger partial charge on any atom is 0.263 e. The maximum atomic E-state index is 13.0. The van der Waals surface area contributed by atoms with Gasteiger partial charge in [0.05, 0.1) is 0 Å². The number of benzene rings is 2. The van der Waals surface area contributed by atoms with E-state index in [1.54, 1.807) is 6.92 Å². The van der Waals surface area contributed by atoms with Crippen molar-refractivity contribution in [3.05, 3.63) is 60.2 Å². The molecule has 0 saturated carbocycles. The Labute approximate surface area is 156 Å². The molecule has 140 valence electrons. The number of amides is 1. The highest BCUT2D eigenvalue weighted by Gasteiger charge is 2.29. The summed E-state index contributed by atoms with van der Waals surface area (Å²) < 4.78 is 24.5. The topological polar surface area (TPSA) is 55.6 Å². The van der Waals surface area contributed by atoms with Crippen molar-refractivity contribution >= 4 is 17.0 Å². The number of rotatable bonds is 4. The van der Waals surface area contributed by atoms with Gasteiger partial charge in [0.25, 0.3) is 5.91 Å². The molecule has 0 radical (unpaired) electrons. The van der Waals surface area contributed by atoms with Gasteiger partial charge in [-0.1, -0.05) is 12.1 Å². The molecule has 1 saturated heterocycles. The second-order valence-electron chi connectivity index (χ2n) is 6.83. The number of carbonyl (C=O) groups excluding carboxylic acids is 1. The van der Waals surface area contributed by atoms with Crippen molar-refractivity contribution in [3.8, 4) is 5.75 Å². The first-order valence-electron chi connectivity index (χ1n) is 9.16. The van der Waals surface area contributed by atoms with Gasteiger partial charge in [-0.25, -0.2) is 9.37 Å². The molecule has 1 aliphatic heterocycles. The van der Waals surface area contributed by atoms with Gasteiger partial charge in [-0.2, -0.15) is 0 Å². The second kappa shape index (κ2) is 7.39. The third kappa shape index (κ3) is 3.79. The molecular weight excluding hydrogens is 347 g/mol. The SMILES string of the molecule is C[C@@H](Oc1ccc(F)cc1)C(=O)N1CCC(c2nc3ccccc3o2)CC1. The molecule has 0 aliphatic carbocycles. The molecular formula is C21H21FN2O3. The van der Waals surface area contributed by atoms with Crippen LogP contribution in [0.4, 0.5) is 4.39 Å². The lowest BCUT2D eigenvalue weighted by Gasteiger charge is -2.32. The zero-order valence-corrected chi connectivity index (χ0v) is 15.1. The molecule has 0 N–H and O–H groups in total. The summed E-state index contributed by atoms with van der Waals surface area (Å²) in [6.07, 6.45) is 1.00. The van der Waals surface area contributed by atoms with E-state index in [1.807, 2.05) is 29.2 Å². The molecule has 1 fully saturated rings. The maximum absolute atomic E-state index is 13.0. The van der Waals surface area contributed by atoms with Crippen LogP contribution in [-0.4, -0.2) is 35.0 Å².